The Morgan fingerprint density at radius 1 is 1.17 bits per heavy atom. The molecule has 4 rings (SSSR count). The molecule has 2 aliphatic rings. The van der Waals surface area contributed by atoms with E-state index in [1.54, 1.807) is 0 Å². The van der Waals surface area contributed by atoms with Crippen molar-refractivity contribution in [2.24, 2.45) is 0 Å². The van der Waals surface area contributed by atoms with Crippen LogP contribution in [0.25, 0.3) is 11.1 Å². The first-order chi connectivity index (χ1) is 8.69. The van der Waals surface area contributed by atoms with Crippen LogP contribution >= 0.6 is 0 Å². The minimum Gasteiger partial charge on any atom is -0.370 e. The van der Waals surface area contributed by atoms with E-state index in [2.05, 4.69) is 48.4 Å². The third kappa shape index (κ3) is 1.06. The van der Waals surface area contributed by atoms with Gasteiger partial charge >= 0.3 is 0 Å². The molecule has 0 unspecified atom stereocenters. The van der Waals surface area contributed by atoms with Gasteiger partial charge in [-0.2, -0.15) is 0 Å². The highest BCUT2D eigenvalue weighted by Gasteiger charge is 2.39. The molecule has 2 aromatic rings. The molecule has 1 aliphatic heterocycles. The fourth-order valence-corrected chi connectivity index (χ4v) is 3.57. The second-order valence-electron chi connectivity index (χ2n) is 5.72. The van der Waals surface area contributed by atoms with Gasteiger partial charge in [0.1, 0.15) is 5.82 Å². The number of benzene rings is 1. The van der Waals surface area contributed by atoms with Gasteiger partial charge in [0.25, 0.3) is 0 Å². The van der Waals surface area contributed by atoms with Crippen LogP contribution in [0, 0.1) is 0 Å². The van der Waals surface area contributed by atoms with Crippen LogP contribution in [0.1, 0.15) is 30.5 Å². The van der Waals surface area contributed by atoms with Crippen LogP contribution in [-0.4, -0.2) is 11.5 Å². The molecule has 90 valence electrons. The molecule has 1 aliphatic carbocycles. The minimum absolute atomic E-state index is 0.102. The van der Waals surface area contributed by atoms with Gasteiger partial charge in [-0.05, 0) is 23.1 Å². The molecular weight excluding hydrogens is 220 g/mol. The molecule has 0 spiro atoms. The van der Waals surface area contributed by atoms with Crippen molar-refractivity contribution in [3.63, 3.8) is 0 Å². The summed E-state index contributed by atoms with van der Waals surface area (Å²) in [5.74, 6) is 1.09. The Morgan fingerprint density at radius 2 is 2.00 bits per heavy atom. The Kier molecular flexibility index (Phi) is 1.76. The molecule has 1 N–H and O–H groups in total. The van der Waals surface area contributed by atoms with Crippen LogP contribution in [0.4, 0.5) is 5.82 Å². The number of nitrogens with zero attached hydrogens (tertiary/aromatic N) is 1. The number of hydrogen-bond acceptors (Lipinski definition) is 2. The highest BCUT2D eigenvalue weighted by atomic mass is 15.0. The third-order valence-corrected chi connectivity index (χ3v) is 4.36. The molecule has 0 atom stereocenters. The van der Waals surface area contributed by atoms with Crippen molar-refractivity contribution < 1.29 is 0 Å². The van der Waals surface area contributed by atoms with Gasteiger partial charge in [-0.1, -0.05) is 38.1 Å². The van der Waals surface area contributed by atoms with Crippen molar-refractivity contribution in [1.29, 1.82) is 0 Å². The van der Waals surface area contributed by atoms with E-state index in [9.17, 15) is 0 Å². The van der Waals surface area contributed by atoms with Crippen molar-refractivity contribution in [1.82, 2.24) is 4.98 Å². The molecule has 18 heavy (non-hydrogen) atoms. The highest BCUT2D eigenvalue weighted by molar-refractivity contribution is 5.83. The average molecular weight is 236 g/mol. The minimum atomic E-state index is 0.102. The van der Waals surface area contributed by atoms with E-state index in [1.807, 2.05) is 6.20 Å². The van der Waals surface area contributed by atoms with Crippen LogP contribution in [-0.2, 0) is 11.8 Å². The molecule has 0 bridgehead atoms. The maximum atomic E-state index is 4.58. The van der Waals surface area contributed by atoms with E-state index < -0.39 is 0 Å². The molecule has 0 fully saturated rings. The summed E-state index contributed by atoms with van der Waals surface area (Å²) in [6.07, 6.45) is 3.14. The van der Waals surface area contributed by atoms with Crippen LogP contribution < -0.4 is 5.32 Å². The largest absolute Gasteiger partial charge is 0.370 e. The lowest BCUT2D eigenvalue weighted by molar-refractivity contribution is 0.653. The first-order valence-electron chi connectivity index (χ1n) is 6.55. The van der Waals surface area contributed by atoms with Gasteiger partial charge in [0, 0.05) is 29.3 Å². The van der Waals surface area contributed by atoms with E-state index in [1.165, 1.54) is 27.8 Å². The number of pyridine rings is 1. The van der Waals surface area contributed by atoms with E-state index >= 15 is 0 Å². The van der Waals surface area contributed by atoms with E-state index in [4.69, 9.17) is 0 Å². The highest BCUT2D eigenvalue weighted by Crippen LogP contribution is 2.51. The maximum Gasteiger partial charge on any atom is 0.129 e. The zero-order valence-electron chi connectivity index (χ0n) is 10.7. The van der Waals surface area contributed by atoms with Crippen LogP contribution in [0.2, 0.25) is 0 Å². The standard InChI is InChI=1S/C16H16N2/c1-16(2)13-6-4-3-5-10(13)12-9-18-15-11(14(12)16)7-8-17-15/h3-6,9H,7-8H2,1-2H3,(H,17,18). The van der Waals surface area contributed by atoms with E-state index in [-0.39, 0.29) is 5.41 Å². The van der Waals surface area contributed by atoms with Crippen molar-refractivity contribution in [3.05, 3.63) is 47.2 Å². The summed E-state index contributed by atoms with van der Waals surface area (Å²) in [5.41, 5.74) is 7.14. The molecule has 0 radical (unpaired) electrons. The monoisotopic (exact) mass is 236 g/mol. The van der Waals surface area contributed by atoms with E-state index in [0.717, 1.165) is 18.8 Å². The number of aromatic nitrogens is 1. The van der Waals surface area contributed by atoms with Gasteiger partial charge in [-0.25, -0.2) is 4.98 Å². The summed E-state index contributed by atoms with van der Waals surface area (Å²) >= 11 is 0. The van der Waals surface area contributed by atoms with Gasteiger partial charge in [0.15, 0.2) is 0 Å². The number of fused-ring (bicyclic) bond motifs is 5. The van der Waals surface area contributed by atoms with Crippen molar-refractivity contribution in [2.75, 3.05) is 11.9 Å². The van der Waals surface area contributed by atoms with E-state index in [0.29, 0.717) is 0 Å². The lowest BCUT2D eigenvalue weighted by Crippen LogP contribution is -2.17. The Labute approximate surface area is 107 Å². The van der Waals surface area contributed by atoms with Gasteiger partial charge in [0.05, 0.1) is 0 Å². The smallest absolute Gasteiger partial charge is 0.129 e. The van der Waals surface area contributed by atoms with Gasteiger partial charge in [0.2, 0.25) is 0 Å². The molecular formula is C16H16N2. The number of anilines is 1. The fourth-order valence-electron chi connectivity index (χ4n) is 3.57. The summed E-state index contributed by atoms with van der Waals surface area (Å²) in [5, 5.41) is 3.38. The lowest BCUT2D eigenvalue weighted by Gasteiger charge is -2.23. The fraction of sp³-hybridized carbons (Fsp3) is 0.312. The molecule has 0 saturated heterocycles. The van der Waals surface area contributed by atoms with Crippen molar-refractivity contribution in [2.45, 2.75) is 25.7 Å². The third-order valence-electron chi connectivity index (χ3n) is 4.36. The Morgan fingerprint density at radius 3 is 2.89 bits per heavy atom. The first-order valence-corrected chi connectivity index (χ1v) is 6.55. The van der Waals surface area contributed by atoms with Gasteiger partial charge in [-0.3, -0.25) is 0 Å². The van der Waals surface area contributed by atoms with Gasteiger partial charge < -0.3 is 5.32 Å². The Balaban J connectivity index is 2.11. The topological polar surface area (TPSA) is 24.9 Å². The zero-order valence-corrected chi connectivity index (χ0v) is 10.7. The predicted octanol–water partition coefficient (Wildman–Crippen LogP) is 3.36. The molecule has 1 aromatic carbocycles. The second kappa shape index (κ2) is 3.14. The molecule has 1 aromatic heterocycles. The predicted molar refractivity (Wildman–Crippen MR) is 74.0 cm³/mol. The molecule has 2 nitrogen and oxygen atoms in total. The summed E-state index contributed by atoms with van der Waals surface area (Å²) in [6.45, 7) is 5.68. The quantitative estimate of drug-likeness (QED) is 0.758. The van der Waals surface area contributed by atoms with Gasteiger partial charge in [-0.15, -0.1) is 0 Å². The summed E-state index contributed by atoms with van der Waals surface area (Å²) < 4.78 is 0. The van der Waals surface area contributed by atoms with Crippen LogP contribution in [0.5, 0.6) is 0 Å². The number of rotatable bonds is 0. The average Bonchev–Trinajstić information content (AvgIpc) is 2.92. The Hall–Kier alpha value is -1.83. The second-order valence-corrected chi connectivity index (χ2v) is 5.72. The molecule has 0 saturated carbocycles. The van der Waals surface area contributed by atoms with Crippen LogP contribution in [0.3, 0.4) is 0 Å². The number of hydrogen-bond donors (Lipinski definition) is 1. The first kappa shape index (κ1) is 10.1. The van der Waals surface area contributed by atoms with Crippen molar-refractivity contribution >= 4 is 5.82 Å². The SMILES string of the molecule is CC1(C)c2ccccc2-c2cnc3c(c21)CCN3. The van der Waals surface area contributed by atoms with Crippen LogP contribution in [0.15, 0.2) is 30.5 Å². The lowest BCUT2D eigenvalue weighted by atomic mass is 9.80. The Bertz CT molecular complexity index is 656. The molecule has 0 amide bonds. The summed E-state index contributed by atoms with van der Waals surface area (Å²) in [6, 6.07) is 8.73. The summed E-state index contributed by atoms with van der Waals surface area (Å²) in [4.78, 5) is 4.58. The number of nitrogens with one attached hydrogen (secondary N) is 1. The molecule has 2 heteroatoms. The zero-order chi connectivity index (χ0) is 12.3. The molecule has 2 heterocycles. The summed E-state index contributed by atoms with van der Waals surface area (Å²) in [7, 11) is 0. The normalized spacial score (nSPS) is 17.9. The maximum absolute atomic E-state index is 4.58. The van der Waals surface area contributed by atoms with Crippen molar-refractivity contribution in [3.8, 4) is 11.1 Å².